The Morgan fingerprint density at radius 2 is 1.86 bits per heavy atom. The van der Waals surface area contributed by atoms with Crippen LogP contribution in [0.15, 0.2) is 58.5 Å². The smallest absolute Gasteiger partial charge is 0.405 e. The predicted molar refractivity (Wildman–Crippen MR) is 158 cm³/mol. The molecular formula is C31H45N3O8. The second-order valence-electron chi connectivity index (χ2n) is 10.9. The number of hydrogen-bond acceptors (Lipinski definition) is 9. The van der Waals surface area contributed by atoms with Gasteiger partial charge in [0, 0.05) is 43.9 Å². The van der Waals surface area contributed by atoms with Crippen LogP contribution in [0.3, 0.4) is 0 Å². The van der Waals surface area contributed by atoms with Gasteiger partial charge in [0.1, 0.15) is 6.10 Å². The number of allylic oxidation sites excluding steroid dienone is 4. The van der Waals surface area contributed by atoms with Crippen molar-refractivity contribution in [2.75, 3.05) is 20.8 Å². The fourth-order valence-electron chi connectivity index (χ4n) is 5.03. The average Bonchev–Trinajstić information content (AvgIpc) is 2.94. The lowest BCUT2D eigenvalue weighted by Crippen LogP contribution is -2.38. The molecule has 4 unspecified atom stereocenters. The molecule has 232 valence electrons. The fourth-order valence-corrected chi connectivity index (χ4v) is 5.03. The Kier molecular flexibility index (Phi) is 13.4. The van der Waals surface area contributed by atoms with E-state index in [1.54, 1.807) is 32.1 Å². The SMILES string of the molecule is CCCNC1=C2CC(C)CC(OC)[C@@H](O)[C@H](C)/C=C(/C)C(OC(N)=O)C(OC)/C=C\C=C(\C)C(=O)NC(=CC1=O)C2=O. The fraction of sp³-hybridized carbons (Fsp3) is 0.548. The number of aliphatic hydroxyl groups is 1. The van der Waals surface area contributed by atoms with Crippen molar-refractivity contribution in [3.8, 4) is 0 Å². The second kappa shape index (κ2) is 16.2. The van der Waals surface area contributed by atoms with Crippen LogP contribution in [0.5, 0.6) is 0 Å². The van der Waals surface area contributed by atoms with E-state index in [0.717, 1.165) is 12.5 Å². The number of methoxy groups -OCH3 is 2. The third-order valence-corrected chi connectivity index (χ3v) is 7.35. The molecule has 0 aromatic heterocycles. The average molecular weight is 588 g/mol. The highest BCUT2D eigenvalue weighted by atomic mass is 16.6. The van der Waals surface area contributed by atoms with E-state index in [9.17, 15) is 24.3 Å². The molecule has 6 atom stereocenters. The van der Waals surface area contributed by atoms with Crippen molar-refractivity contribution < 1.29 is 38.5 Å². The zero-order chi connectivity index (χ0) is 31.6. The number of amides is 2. The first-order valence-electron chi connectivity index (χ1n) is 14.2. The van der Waals surface area contributed by atoms with Gasteiger partial charge in [0.2, 0.25) is 11.6 Å². The van der Waals surface area contributed by atoms with Gasteiger partial charge in [-0.15, -0.1) is 0 Å². The number of fused-ring (bicyclic) bond motifs is 2. The summed E-state index contributed by atoms with van der Waals surface area (Å²) >= 11 is 0. The van der Waals surface area contributed by atoms with Crippen LogP contribution in [0, 0.1) is 11.8 Å². The van der Waals surface area contributed by atoms with Crippen LogP contribution in [0.1, 0.15) is 53.9 Å². The van der Waals surface area contributed by atoms with Crippen molar-refractivity contribution in [3.05, 3.63) is 58.5 Å². The Labute approximate surface area is 247 Å². The van der Waals surface area contributed by atoms with E-state index in [0.29, 0.717) is 18.5 Å². The molecule has 0 radical (unpaired) electrons. The first kappa shape index (κ1) is 34.7. The van der Waals surface area contributed by atoms with Crippen LogP contribution in [-0.2, 0) is 28.6 Å². The minimum absolute atomic E-state index is 0.106. The van der Waals surface area contributed by atoms with E-state index in [4.69, 9.17) is 19.9 Å². The molecule has 0 saturated carbocycles. The molecule has 0 aromatic carbocycles. The molecule has 2 bridgehead atoms. The standard InChI is InChI=1S/C31H45N3O8/c1-8-12-33-26-21-13-17(2)14-25(41-7)27(36)19(4)15-20(5)29(42-31(32)39)24(40-6)11-9-10-18(3)30(38)34-22(28(21)37)16-23(26)35/h9-11,15-17,19,24-25,27,29,33,36H,8,12-14H2,1-7H3,(H2,32,39)(H,34,38)/b11-9-,18-10-,20-15-/t17?,19-,24?,25?,27+,29?/m1/s1. The first-order valence-corrected chi connectivity index (χ1v) is 14.2. The highest BCUT2D eigenvalue weighted by Gasteiger charge is 2.33. The minimum atomic E-state index is -0.995. The van der Waals surface area contributed by atoms with Gasteiger partial charge in [0.05, 0.1) is 23.6 Å². The molecule has 42 heavy (non-hydrogen) atoms. The van der Waals surface area contributed by atoms with Gasteiger partial charge < -0.3 is 35.7 Å². The molecule has 0 spiro atoms. The van der Waals surface area contributed by atoms with E-state index in [2.05, 4.69) is 10.6 Å². The Hall–Kier alpha value is -3.54. The van der Waals surface area contributed by atoms with Gasteiger partial charge in [-0.1, -0.05) is 45.1 Å². The molecule has 0 aromatic rings. The van der Waals surface area contributed by atoms with Crippen molar-refractivity contribution in [2.24, 2.45) is 17.6 Å². The van der Waals surface area contributed by atoms with Gasteiger partial charge in [0.15, 0.2) is 6.10 Å². The van der Waals surface area contributed by atoms with Crippen molar-refractivity contribution in [2.45, 2.75) is 78.3 Å². The minimum Gasteiger partial charge on any atom is -0.439 e. The van der Waals surface area contributed by atoms with Gasteiger partial charge in [0.25, 0.3) is 5.91 Å². The quantitative estimate of drug-likeness (QED) is 0.270. The number of Topliss-reactive ketones (excluding diaryl/α,β-unsaturated/α-hetero) is 1. The van der Waals surface area contributed by atoms with Crippen LogP contribution in [0.25, 0.3) is 0 Å². The van der Waals surface area contributed by atoms with E-state index in [1.165, 1.54) is 20.3 Å². The van der Waals surface area contributed by atoms with E-state index in [-0.39, 0.29) is 34.9 Å². The van der Waals surface area contributed by atoms with Crippen LogP contribution in [0.2, 0.25) is 0 Å². The number of hydrogen-bond donors (Lipinski definition) is 4. The number of nitrogens with two attached hydrogens (primary N) is 1. The Bertz CT molecular complexity index is 1180. The summed E-state index contributed by atoms with van der Waals surface area (Å²) in [6.45, 7) is 9.47. The molecule has 11 heteroatoms. The Morgan fingerprint density at radius 3 is 2.45 bits per heavy atom. The third-order valence-electron chi connectivity index (χ3n) is 7.35. The summed E-state index contributed by atoms with van der Waals surface area (Å²) in [5, 5.41) is 16.9. The van der Waals surface area contributed by atoms with E-state index >= 15 is 0 Å². The molecule has 11 nitrogen and oxygen atoms in total. The highest BCUT2D eigenvalue weighted by molar-refractivity contribution is 6.23. The number of carbonyl (C=O) groups excluding carboxylic acids is 4. The number of carbonyl (C=O) groups is 4. The molecule has 2 rings (SSSR count). The third kappa shape index (κ3) is 9.23. The monoisotopic (exact) mass is 587 g/mol. The van der Waals surface area contributed by atoms with Crippen LogP contribution >= 0.6 is 0 Å². The van der Waals surface area contributed by atoms with Gasteiger partial charge in [-0.2, -0.15) is 0 Å². The number of ether oxygens (including phenoxy) is 3. The summed E-state index contributed by atoms with van der Waals surface area (Å²) in [5.74, 6) is -2.01. The molecule has 5 N–H and O–H groups in total. The summed E-state index contributed by atoms with van der Waals surface area (Å²) in [4.78, 5) is 51.4. The van der Waals surface area contributed by atoms with Gasteiger partial charge in [-0.25, -0.2) is 4.79 Å². The maximum absolute atomic E-state index is 13.6. The van der Waals surface area contributed by atoms with E-state index < -0.39 is 53.9 Å². The van der Waals surface area contributed by atoms with Gasteiger partial charge in [-0.05, 0) is 44.6 Å². The van der Waals surface area contributed by atoms with Crippen molar-refractivity contribution >= 4 is 23.6 Å². The van der Waals surface area contributed by atoms with Crippen LogP contribution < -0.4 is 16.4 Å². The molecule has 1 aliphatic heterocycles. The summed E-state index contributed by atoms with van der Waals surface area (Å²) in [5.41, 5.74) is 6.59. The van der Waals surface area contributed by atoms with Crippen molar-refractivity contribution in [1.82, 2.24) is 10.6 Å². The van der Waals surface area contributed by atoms with Crippen LogP contribution in [0.4, 0.5) is 4.79 Å². The number of primary amides is 1. The molecule has 0 saturated heterocycles. The number of aliphatic hydroxyl groups excluding tert-OH is 1. The summed E-state index contributed by atoms with van der Waals surface area (Å²) < 4.78 is 16.6. The predicted octanol–water partition coefficient (Wildman–Crippen LogP) is 2.76. The molecule has 2 aliphatic rings. The molecule has 1 heterocycles. The second-order valence-corrected chi connectivity index (χ2v) is 10.9. The molecule has 2 amide bonds. The normalized spacial score (nSPS) is 31.7. The topological polar surface area (TPSA) is 166 Å². The van der Waals surface area contributed by atoms with Crippen molar-refractivity contribution in [1.29, 1.82) is 0 Å². The molecule has 0 fully saturated rings. The lowest BCUT2D eigenvalue weighted by atomic mass is 9.85. The lowest BCUT2D eigenvalue weighted by molar-refractivity contribution is -0.120. The number of nitrogens with one attached hydrogen (secondary N) is 2. The van der Waals surface area contributed by atoms with Crippen LogP contribution in [-0.4, -0.2) is 73.9 Å². The zero-order valence-electron chi connectivity index (χ0n) is 25.6. The molecule has 1 aliphatic carbocycles. The number of ketones is 2. The maximum atomic E-state index is 13.6. The summed E-state index contributed by atoms with van der Waals surface area (Å²) in [7, 11) is 2.94. The lowest BCUT2D eigenvalue weighted by Gasteiger charge is -2.30. The maximum Gasteiger partial charge on any atom is 0.405 e. The highest BCUT2D eigenvalue weighted by Crippen LogP contribution is 2.28. The first-order chi connectivity index (χ1) is 19.8. The number of rotatable bonds is 6. The Morgan fingerprint density at radius 1 is 1.17 bits per heavy atom. The summed E-state index contributed by atoms with van der Waals surface area (Å²) in [6, 6.07) is 0. The Balaban J connectivity index is 2.61. The van der Waals surface area contributed by atoms with E-state index in [1.807, 2.05) is 20.8 Å². The van der Waals surface area contributed by atoms with Gasteiger partial charge in [-0.3, -0.25) is 14.4 Å². The van der Waals surface area contributed by atoms with Crippen molar-refractivity contribution in [3.63, 3.8) is 0 Å². The molecular weight excluding hydrogens is 542 g/mol. The van der Waals surface area contributed by atoms with Gasteiger partial charge >= 0.3 is 6.09 Å². The largest absolute Gasteiger partial charge is 0.439 e. The zero-order valence-corrected chi connectivity index (χ0v) is 25.6. The summed E-state index contributed by atoms with van der Waals surface area (Å²) in [6.07, 6.45) is 4.69.